The molecule has 1 aliphatic rings. The smallest absolute Gasteiger partial charge is 0.247 e. The summed E-state index contributed by atoms with van der Waals surface area (Å²) in [5.74, 6) is 2.34. The predicted molar refractivity (Wildman–Crippen MR) is 110 cm³/mol. The Hall–Kier alpha value is -2.94. The monoisotopic (exact) mass is 420 g/mol. The number of hydrazone groups is 1. The van der Waals surface area contributed by atoms with Gasteiger partial charge in [0.2, 0.25) is 10.0 Å². The van der Waals surface area contributed by atoms with Crippen LogP contribution in [0.1, 0.15) is 23.6 Å². The summed E-state index contributed by atoms with van der Waals surface area (Å²) in [6.45, 7) is 0. The Bertz CT molecular complexity index is 1010. The van der Waals surface area contributed by atoms with Crippen molar-refractivity contribution in [1.29, 1.82) is 0 Å². The van der Waals surface area contributed by atoms with E-state index in [2.05, 4.69) is 5.10 Å². The second-order valence-electron chi connectivity index (χ2n) is 6.51. The lowest BCUT2D eigenvalue weighted by Crippen LogP contribution is -2.26. The molecule has 156 valence electrons. The first-order valence-corrected chi connectivity index (χ1v) is 10.7. The quantitative estimate of drug-likeness (QED) is 0.685. The van der Waals surface area contributed by atoms with Crippen LogP contribution in [0.15, 0.2) is 41.5 Å². The summed E-state index contributed by atoms with van der Waals surface area (Å²) in [5.41, 5.74) is 2.03. The summed E-state index contributed by atoms with van der Waals surface area (Å²) >= 11 is 0. The molecule has 29 heavy (non-hydrogen) atoms. The number of sulfonamides is 1. The van der Waals surface area contributed by atoms with Crippen LogP contribution in [0.25, 0.3) is 0 Å². The molecule has 0 radical (unpaired) electrons. The number of hydrogen-bond donors (Lipinski definition) is 0. The molecule has 0 amide bonds. The molecule has 1 aliphatic heterocycles. The van der Waals surface area contributed by atoms with Gasteiger partial charge in [0.05, 0.1) is 46.4 Å². The van der Waals surface area contributed by atoms with Crippen LogP contribution >= 0.6 is 0 Å². The maximum Gasteiger partial charge on any atom is 0.247 e. The third-order valence-electron chi connectivity index (χ3n) is 4.70. The second-order valence-corrected chi connectivity index (χ2v) is 8.35. The first-order chi connectivity index (χ1) is 13.8. The van der Waals surface area contributed by atoms with Gasteiger partial charge >= 0.3 is 0 Å². The van der Waals surface area contributed by atoms with Crippen molar-refractivity contribution >= 4 is 15.7 Å². The largest absolute Gasteiger partial charge is 0.497 e. The van der Waals surface area contributed by atoms with E-state index in [4.69, 9.17) is 18.9 Å². The maximum atomic E-state index is 12.5. The van der Waals surface area contributed by atoms with Crippen LogP contribution in [-0.2, 0) is 10.0 Å². The molecule has 0 unspecified atom stereocenters. The predicted octanol–water partition coefficient (Wildman–Crippen LogP) is 2.83. The molecule has 8 nitrogen and oxygen atoms in total. The van der Waals surface area contributed by atoms with Gasteiger partial charge in [0.25, 0.3) is 0 Å². The zero-order valence-corrected chi connectivity index (χ0v) is 17.8. The van der Waals surface area contributed by atoms with Crippen molar-refractivity contribution in [2.45, 2.75) is 12.5 Å². The molecule has 3 rings (SSSR count). The summed E-state index contributed by atoms with van der Waals surface area (Å²) in [5, 5.41) is 4.42. The summed E-state index contributed by atoms with van der Waals surface area (Å²) < 4.78 is 47.4. The van der Waals surface area contributed by atoms with E-state index >= 15 is 0 Å². The van der Waals surface area contributed by atoms with Crippen molar-refractivity contribution in [3.63, 3.8) is 0 Å². The highest BCUT2D eigenvalue weighted by atomic mass is 32.2. The normalized spacial score (nSPS) is 16.4. The minimum Gasteiger partial charge on any atom is -0.497 e. The molecule has 2 aromatic rings. The third kappa shape index (κ3) is 4.24. The number of nitrogens with zero attached hydrogens (tertiary/aromatic N) is 2. The zero-order valence-electron chi connectivity index (χ0n) is 17.0. The molecule has 2 aromatic carbocycles. The van der Waals surface area contributed by atoms with Gasteiger partial charge in [-0.2, -0.15) is 9.52 Å². The van der Waals surface area contributed by atoms with E-state index in [1.165, 1.54) is 7.11 Å². The molecule has 0 aromatic heterocycles. The molecule has 1 atom stereocenters. The Morgan fingerprint density at radius 2 is 1.52 bits per heavy atom. The number of rotatable bonds is 7. The minimum absolute atomic E-state index is 0.367. The van der Waals surface area contributed by atoms with Gasteiger partial charge in [0.1, 0.15) is 23.0 Å². The SMILES string of the molecule is COc1cc(OC)cc(C2=NN(S(C)(=O)=O)[C@H](c3ccc(OC)cc3OC)C2)c1. The van der Waals surface area contributed by atoms with Crippen molar-refractivity contribution in [2.24, 2.45) is 5.10 Å². The van der Waals surface area contributed by atoms with Crippen molar-refractivity contribution in [1.82, 2.24) is 4.41 Å². The van der Waals surface area contributed by atoms with Gasteiger partial charge in [-0.05, 0) is 24.3 Å². The van der Waals surface area contributed by atoms with E-state index in [1.54, 1.807) is 57.7 Å². The topological polar surface area (TPSA) is 86.7 Å². The van der Waals surface area contributed by atoms with Crippen LogP contribution in [0, 0.1) is 0 Å². The molecule has 0 spiro atoms. The molecule has 0 fully saturated rings. The molecule has 0 saturated carbocycles. The van der Waals surface area contributed by atoms with Crippen LogP contribution in [0.3, 0.4) is 0 Å². The molecule has 1 heterocycles. The highest BCUT2D eigenvalue weighted by Gasteiger charge is 2.36. The molecule has 9 heteroatoms. The molecule has 0 aliphatic carbocycles. The fourth-order valence-electron chi connectivity index (χ4n) is 3.27. The lowest BCUT2D eigenvalue weighted by atomic mass is 9.98. The maximum absolute atomic E-state index is 12.5. The van der Waals surface area contributed by atoms with E-state index in [0.29, 0.717) is 40.7 Å². The van der Waals surface area contributed by atoms with E-state index in [-0.39, 0.29) is 0 Å². The lowest BCUT2D eigenvalue weighted by molar-refractivity contribution is 0.348. The molecule has 0 N–H and O–H groups in total. The van der Waals surface area contributed by atoms with Crippen molar-refractivity contribution < 1.29 is 27.4 Å². The van der Waals surface area contributed by atoms with Gasteiger partial charge in [0, 0.05) is 29.7 Å². The van der Waals surface area contributed by atoms with Crippen LogP contribution in [0.5, 0.6) is 23.0 Å². The Morgan fingerprint density at radius 1 is 0.897 bits per heavy atom. The van der Waals surface area contributed by atoms with Crippen molar-refractivity contribution in [3.05, 3.63) is 47.5 Å². The number of ether oxygens (including phenoxy) is 4. The standard InChI is InChI=1S/C20H24N2O6S/c1-25-14-6-7-17(20(11-14)28-4)19-12-18(21-22(19)29(5,23)24)13-8-15(26-2)10-16(9-13)27-3/h6-11,19H,12H2,1-5H3/t19-/m0/s1. The lowest BCUT2D eigenvalue weighted by Gasteiger charge is -2.23. The van der Waals surface area contributed by atoms with Crippen LogP contribution in [-0.4, -0.2) is 53.2 Å². The van der Waals surface area contributed by atoms with Crippen LogP contribution in [0.4, 0.5) is 0 Å². The van der Waals surface area contributed by atoms with E-state index < -0.39 is 16.1 Å². The Kier molecular flexibility index (Phi) is 5.88. The molecular formula is C20H24N2O6S. The zero-order chi connectivity index (χ0) is 21.2. The van der Waals surface area contributed by atoms with Crippen LogP contribution < -0.4 is 18.9 Å². The Morgan fingerprint density at radius 3 is 2.03 bits per heavy atom. The highest BCUT2D eigenvalue weighted by Crippen LogP contribution is 2.40. The van der Waals surface area contributed by atoms with E-state index in [1.807, 2.05) is 0 Å². The molecule has 0 saturated heterocycles. The number of benzene rings is 2. The Balaban J connectivity index is 2.07. The van der Waals surface area contributed by atoms with Gasteiger partial charge in [-0.1, -0.05) is 0 Å². The third-order valence-corrected chi connectivity index (χ3v) is 5.71. The number of methoxy groups -OCH3 is 4. The van der Waals surface area contributed by atoms with Gasteiger partial charge in [-0.3, -0.25) is 0 Å². The van der Waals surface area contributed by atoms with Gasteiger partial charge in [0.15, 0.2) is 0 Å². The summed E-state index contributed by atoms with van der Waals surface area (Å²) in [4.78, 5) is 0. The average Bonchev–Trinajstić information content (AvgIpc) is 3.18. The summed E-state index contributed by atoms with van der Waals surface area (Å²) in [7, 11) is 2.59. The highest BCUT2D eigenvalue weighted by molar-refractivity contribution is 7.88. The van der Waals surface area contributed by atoms with E-state index in [9.17, 15) is 8.42 Å². The van der Waals surface area contributed by atoms with E-state index in [0.717, 1.165) is 16.2 Å². The summed E-state index contributed by atoms with van der Waals surface area (Å²) in [6.07, 6.45) is 1.50. The second kappa shape index (κ2) is 8.20. The average molecular weight is 420 g/mol. The van der Waals surface area contributed by atoms with Gasteiger partial charge in [-0.25, -0.2) is 8.42 Å². The van der Waals surface area contributed by atoms with Crippen LogP contribution in [0.2, 0.25) is 0 Å². The minimum atomic E-state index is -3.62. The van der Waals surface area contributed by atoms with Gasteiger partial charge in [-0.15, -0.1) is 0 Å². The molecule has 0 bridgehead atoms. The first-order valence-electron chi connectivity index (χ1n) is 8.83. The Labute approximate surface area is 170 Å². The molecular weight excluding hydrogens is 396 g/mol. The fraction of sp³-hybridized carbons (Fsp3) is 0.350. The first kappa shape index (κ1) is 20.8. The number of hydrogen-bond acceptors (Lipinski definition) is 7. The van der Waals surface area contributed by atoms with Gasteiger partial charge < -0.3 is 18.9 Å². The van der Waals surface area contributed by atoms with Crippen molar-refractivity contribution in [3.8, 4) is 23.0 Å². The van der Waals surface area contributed by atoms with Crippen molar-refractivity contribution in [2.75, 3.05) is 34.7 Å². The fourth-order valence-corrected chi connectivity index (χ4v) is 4.17. The summed E-state index contributed by atoms with van der Waals surface area (Å²) in [6, 6.07) is 10.1.